The van der Waals surface area contributed by atoms with Gasteiger partial charge in [-0.3, -0.25) is 9.69 Å². The Morgan fingerprint density at radius 3 is 2.16 bits per heavy atom. The van der Waals surface area contributed by atoms with Gasteiger partial charge in [-0.25, -0.2) is 8.78 Å². The summed E-state index contributed by atoms with van der Waals surface area (Å²) in [5.74, 6) is -1.85. The lowest BCUT2D eigenvalue weighted by Crippen LogP contribution is -2.48. The highest BCUT2D eigenvalue weighted by atomic mass is 19.1. The number of carbonyl (C=O) groups is 1. The van der Waals surface area contributed by atoms with Crippen molar-refractivity contribution in [3.05, 3.63) is 70.8 Å². The molecule has 25 heavy (non-hydrogen) atoms. The summed E-state index contributed by atoms with van der Waals surface area (Å²) >= 11 is 0. The van der Waals surface area contributed by atoms with Gasteiger partial charge in [0.05, 0.1) is 11.6 Å². The van der Waals surface area contributed by atoms with Crippen molar-refractivity contribution in [3.63, 3.8) is 0 Å². The Kier molecular flexibility index (Phi) is 5.05. The van der Waals surface area contributed by atoms with Gasteiger partial charge in [-0.15, -0.1) is 0 Å². The first kappa shape index (κ1) is 17.1. The van der Waals surface area contributed by atoms with Gasteiger partial charge < -0.3 is 4.90 Å². The van der Waals surface area contributed by atoms with E-state index >= 15 is 0 Å². The molecule has 4 nitrogen and oxygen atoms in total. The van der Waals surface area contributed by atoms with Crippen LogP contribution < -0.4 is 0 Å². The molecule has 0 radical (unpaired) electrons. The van der Waals surface area contributed by atoms with Crippen molar-refractivity contribution in [3.8, 4) is 6.07 Å². The molecule has 1 aliphatic rings. The molecule has 128 valence electrons. The van der Waals surface area contributed by atoms with E-state index in [4.69, 9.17) is 5.26 Å². The third-order valence-electron chi connectivity index (χ3n) is 4.26. The molecule has 0 atom stereocenters. The van der Waals surface area contributed by atoms with E-state index in [2.05, 4.69) is 11.0 Å². The predicted molar refractivity (Wildman–Crippen MR) is 88.7 cm³/mol. The summed E-state index contributed by atoms with van der Waals surface area (Å²) in [6, 6.07) is 12.4. The summed E-state index contributed by atoms with van der Waals surface area (Å²) in [7, 11) is 0. The number of halogens is 2. The predicted octanol–water partition coefficient (Wildman–Crippen LogP) is 2.79. The van der Waals surface area contributed by atoms with E-state index in [0.29, 0.717) is 31.7 Å². The molecule has 0 spiro atoms. The minimum absolute atomic E-state index is 0.0399. The van der Waals surface area contributed by atoms with Gasteiger partial charge in [-0.1, -0.05) is 12.1 Å². The molecule has 1 amide bonds. The van der Waals surface area contributed by atoms with E-state index in [1.807, 2.05) is 12.1 Å². The van der Waals surface area contributed by atoms with Crippen LogP contribution in [0, 0.1) is 23.0 Å². The summed E-state index contributed by atoms with van der Waals surface area (Å²) in [6.07, 6.45) is 0. The number of nitriles is 1. The SMILES string of the molecule is N#Cc1ccc(CN2CCN(C(=O)c3cc(F)cc(F)c3)CC2)cc1. The third-order valence-corrected chi connectivity index (χ3v) is 4.26. The lowest BCUT2D eigenvalue weighted by Gasteiger charge is -2.34. The summed E-state index contributed by atoms with van der Waals surface area (Å²) in [5, 5.41) is 8.81. The van der Waals surface area contributed by atoms with Gasteiger partial charge in [0.1, 0.15) is 11.6 Å². The van der Waals surface area contributed by atoms with Crippen molar-refractivity contribution in [1.82, 2.24) is 9.80 Å². The summed E-state index contributed by atoms with van der Waals surface area (Å²) < 4.78 is 26.5. The molecule has 3 rings (SSSR count). The topological polar surface area (TPSA) is 47.3 Å². The first-order valence-electron chi connectivity index (χ1n) is 8.02. The third kappa shape index (κ3) is 4.20. The molecule has 0 bridgehead atoms. The van der Waals surface area contributed by atoms with Gasteiger partial charge in [-0.05, 0) is 29.8 Å². The maximum atomic E-state index is 13.3. The number of carbonyl (C=O) groups excluding carboxylic acids is 1. The van der Waals surface area contributed by atoms with Crippen LogP contribution in [0.4, 0.5) is 8.78 Å². The molecule has 2 aromatic carbocycles. The molecule has 1 saturated heterocycles. The highest BCUT2D eigenvalue weighted by Crippen LogP contribution is 2.14. The van der Waals surface area contributed by atoms with Gasteiger partial charge in [0, 0.05) is 44.4 Å². The summed E-state index contributed by atoms with van der Waals surface area (Å²) in [5.41, 5.74) is 1.77. The van der Waals surface area contributed by atoms with E-state index < -0.39 is 11.6 Å². The molecule has 0 aromatic heterocycles. The number of benzene rings is 2. The molecule has 6 heteroatoms. The van der Waals surface area contributed by atoms with Crippen molar-refractivity contribution in [2.75, 3.05) is 26.2 Å². The number of amides is 1. The van der Waals surface area contributed by atoms with Crippen LogP contribution >= 0.6 is 0 Å². The fourth-order valence-corrected chi connectivity index (χ4v) is 2.91. The summed E-state index contributed by atoms with van der Waals surface area (Å²) in [4.78, 5) is 16.2. The van der Waals surface area contributed by atoms with E-state index in [0.717, 1.165) is 30.3 Å². The molecule has 0 unspecified atom stereocenters. The normalized spacial score (nSPS) is 15.0. The number of hydrogen-bond donors (Lipinski definition) is 0. The average Bonchev–Trinajstić information content (AvgIpc) is 2.61. The minimum atomic E-state index is -0.747. The van der Waals surface area contributed by atoms with Crippen LogP contribution in [0.25, 0.3) is 0 Å². The van der Waals surface area contributed by atoms with E-state index in [1.54, 1.807) is 17.0 Å². The molecule has 0 N–H and O–H groups in total. The molecule has 2 aromatic rings. The lowest BCUT2D eigenvalue weighted by molar-refractivity contribution is 0.0627. The minimum Gasteiger partial charge on any atom is -0.336 e. The second-order valence-corrected chi connectivity index (χ2v) is 6.04. The van der Waals surface area contributed by atoms with Gasteiger partial charge in [0.15, 0.2) is 0 Å². The fourth-order valence-electron chi connectivity index (χ4n) is 2.91. The number of hydrogen-bond acceptors (Lipinski definition) is 3. The monoisotopic (exact) mass is 341 g/mol. The second-order valence-electron chi connectivity index (χ2n) is 6.04. The lowest BCUT2D eigenvalue weighted by atomic mass is 10.1. The van der Waals surface area contributed by atoms with Gasteiger partial charge in [0.2, 0.25) is 0 Å². The first-order valence-corrected chi connectivity index (χ1v) is 8.02. The maximum Gasteiger partial charge on any atom is 0.254 e. The van der Waals surface area contributed by atoms with Crippen LogP contribution in [0.2, 0.25) is 0 Å². The molecular formula is C19H17F2N3O. The van der Waals surface area contributed by atoms with E-state index in [1.165, 1.54) is 0 Å². The molecule has 1 aliphatic heterocycles. The van der Waals surface area contributed by atoms with E-state index in [9.17, 15) is 13.6 Å². The average molecular weight is 341 g/mol. The Balaban J connectivity index is 1.57. The molecule has 0 aliphatic carbocycles. The summed E-state index contributed by atoms with van der Waals surface area (Å²) in [6.45, 7) is 3.12. The zero-order valence-corrected chi connectivity index (χ0v) is 13.6. The smallest absolute Gasteiger partial charge is 0.254 e. The molecular weight excluding hydrogens is 324 g/mol. The number of nitrogens with zero attached hydrogens (tertiary/aromatic N) is 3. The quantitative estimate of drug-likeness (QED) is 0.862. The molecule has 1 fully saturated rings. The van der Waals surface area contributed by atoms with Crippen molar-refractivity contribution < 1.29 is 13.6 Å². The van der Waals surface area contributed by atoms with Gasteiger partial charge in [-0.2, -0.15) is 5.26 Å². The standard InChI is InChI=1S/C19H17F2N3O/c20-17-9-16(10-18(21)11-17)19(25)24-7-5-23(6-8-24)13-15-3-1-14(12-22)2-4-15/h1-4,9-11H,5-8,13H2. The maximum absolute atomic E-state index is 13.3. The van der Waals surface area contributed by atoms with Gasteiger partial charge >= 0.3 is 0 Å². The van der Waals surface area contributed by atoms with Crippen LogP contribution in [0.5, 0.6) is 0 Å². The van der Waals surface area contributed by atoms with Crippen LogP contribution in [-0.4, -0.2) is 41.9 Å². The molecule has 0 saturated carbocycles. The second kappa shape index (κ2) is 7.41. The van der Waals surface area contributed by atoms with Crippen molar-refractivity contribution in [2.24, 2.45) is 0 Å². The van der Waals surface area contributed by atoms with Crippen LogP contribution in [0.3, 0.4) is 0 Å². The van der Waals surface area contributed by atoms with Crippen LogP contribution in [0.15, 0.2) is 42.5 Å². The first-order chi connectivity index (χ1) is 12.0. The highest BCUT2D eigenvalue weighted by molar-refractivity contribution is 5.94. The Bertz CT molecular complexity index is 786. The highest BCUT2D eigenvalue weighted by Gasteiger charge is 2.23. The van der Waals surface area contributed by atoms with Gasteiger partial charge in [0.25, 0.3) is 5.91 Å². The van der Waals surface area contributed by atoms with E-state index in [-0.39, 0.29) is 11.5 Å². The zero-order valence-electron chi connectivity index (χ0n) is 13.6. The zero-order chi connectivity index (χ0) is 17.8. The van der Waals surface area contributed by atoms with Crippen molar-refractivity contribution in [2.45, 2.75) is 6.54 Å². The largest absolute Gasteiger partial charge is 0.336 e. The van der Waals surface area contributed by atoms with Crippen molar-refractivity contribution >= 4 is 5.91 Å². The number of rotatable bonds is 3. The Morgan fingerprint density at radius 2 is 1.60 bits per heavy atom. The van der Waals surface area contributed by atoms with Crippen LogP contribution in [-0.2, 0) is 6.54 Å². The van der Waals surface area contributed by atoms with Crippen molar-refractivity contribution in [1.29, 1.82) is 5.26 Å². The van der Waals surface area contributed by atoms with Crippen LogP contribution in [0.1, 0.15) is 21.5 Å². The fraction of sp³-hybridized carbons (Fsp3) is 0.263. The molecule has 1 heterocycles. The Labute approximate surface area is 144 Å². The Hall–Kier alpha value is -2.78. The number of piperazine rings is 1. The Morgan fingerprint density at radius 1 is 1.00 bits per heavy atom.